The summed E-state index contributed by atoms with van der Waals surface area (Å²) in [6.45, 7) is 5.95. The fourth-order valence-corrected chi connectivity index (χ4v) is 4.99. The lowest BCUT2D eigenvalue weighted by Crippen LogP contribution is -2.36. The van der Waals surface area contributed by atoms with Gasteiger partial charge in [-0.1, -0.05) is 38.1 Å². The van der Waals surface area contributed by atoms with Gasteiger partial charge >= 0.3 is 0 Å². The maximum Gasteiger partial charge on any atom is 0.225 e. The summed E-state index contributed by atoms with van der Waals surface area (Å²) in [7, 11) is 0. The van der Waals surface area contributed by atoms with Crippen LogP contribution in [0.4, 0.5) is 0 Å². The molecule has 2 unspecified atom stereocenters. The number of amides is 2. The second kappa shape index (κ2) is 8.41. The summed E-state index contributed by atoms with van der Waals surface area (Å²) in [5.74, 6) is 0.300. The van der Waals surface area contributed by atoms with Crippen LogP contribution >= 0.6 is 11.3 Å². The van der Waals surface area contributed by atoms with Crippen molar-refractivity contribution in [2.24, 2.45) is 11.8 Å². The van der Waals surface area contributed by atoms with Crippen LogP contribution in [0.5, 0.6) is 0 Å². The zero-order valence-corrected chi connectivity index (χ0v) is 17.7. The quantitative estimate of drug-likeness (QED) is 0.620. The number of carbonyl (C=O) groups is 2. The molecule has 2 amide bonds. The molecule has 2 N–H and O–H groups in total. The predicted molar refractivity (Wildman–Crippen MR) is 117 cm³/mol. The SMILES string of the molecule is CC(C)CN1CC(C(=O)NCC(c2cccs2)c2c[nH]c3ccccc23)CC1=O. The van der Waals surface area contributed by atoms with Gasteiger partial charge in [0.05, 0.1) is 5.92 Å². The van der Waals surface area contributed by atoms with Gasteiger partial charge in [-0.3, -0.25) is 9.59 Å². The summed E-state index contributed by atoms with van der Waals surface area (Å²) < 4.78 is 0. The molecule has 4 rings (SSSR count). The highest BCUT2D eigenvalue weighted by Gasteiger charge is 2.34. The monoisotopic (exact) mass is 409 g/mol. The van der Waals surface area contributed by atoms with Crippen LogP contribution in [0.2, 0.25) is 0 Å². The van der Waals surface area contributed by atoms with Crippen LogP contribution in [0.25, 0.3) is 10.9 Å². The Balaban J connectivity index is 1.48. The van der Waals surface area contributed by atoms with Crippen molar-refractivity contribution >= 4 is 34.1 Å². The smallest absolute Gasteiger partial charge is 0.225 e. The number of likely N-dealkylation sites (tertiary alicyclic amines) is 1. The highest BCUT2D eigenvalue weighted by Crippen LogP contribution is 2.33. The van der Waals surface area contributed by atoms with Gasteiger partial charge in [0, 0.05) is 53.9 Å². The number of fused-ring (bicyclic) bond motifs is 1. The van der Waals surface area contributed by atoms with E-state index in [1.807, 2.05) is 29.3 Å². The number of H-pyrrole nitrogens is 1. The molecule has 0 spiro atoms. The first-order valence-corrected chi connectivity index (χ1v) is 11.1. The highest BCUT2D eigenvalue weighted by molar-refractivity contribution is 7.10. The third-order valence-corrected chi connectivity index (χ3v) is 6.52. The van der Waals surface area contributed by atoms with Gasteiger partial charge < -0.3 is 15.2 Å². The summed E-state index contributed by atoms with van der Waals surface area (Å²) >= 11 is 1.70. The number of carbonyl (C=O) groups excluding carboxylic acids is 2. The van der Waals surface area contributed by atoms with Crippen LogP contribution in [0, 0.1) is 11.8 Å². The van der Waals surface area contributed by atoms with Crippen molar-refractivity contribution in [2.45, 2.75) is 26.2 Å². The van der Waals surface area contributed by atoms with Gasteiger partial charge in [0.2, 0.25) is 11.8 Å². The fourth-order valence-electron chi connectivity index (χ4n) is 4.15. The van der Waals surface area contributed by atoms with Crippen molar-refractivity contribution in [3.8, 4) is 0 Å². The molecular weight excluding hydrogens is 382 g/mol. The lowest BCUT2D eigenvalue weighted by molar-refractivity contribution is -0.129. The standard InChI is InChI=1S/C23H27N3O2S/c1-15(2)13-26-14-16(10-22(26)27)23(28)25-12-19(21-8-5-9-29-21)18-11-24-20-7-4-3-6-17(18)20/h3-9,11,15-16,19,24H,10,12-14H2,1-2H3,(H,25,28). The van der Waals surface area contributed by atoms with Crippen LogP contribution in [-0.2, 0) is 9.59 Å². The van der Waals surface area contributed by atoms with Gasteiger partial charge in [-0.05, 0) is 29.0 Å². The van der Waals surface area contributed by atoms with E-state index < -0.39 is 0 Å². The Morgan fingerprint density at radius 2 is 2.10 bits per heavy atom. The Morgan fingerprint density at radius 1 is 1.28 bits per heavy atom. The Kier molecular flexibility index (Phi) is 5.72. The number of nitrogens with one attached hydrogen (secondary N) is 2. The topological polar surface area (TPSA) is 65.2 Å². The summed E-state index contributed by atoms with van der Waals surface area (Å²) in [6.07, 6.45) is 2.36. The fraction of sp³-hybridized carbons (Fsp3) is 0.391. The molecule has 3 heterocycles. The van der Waals surface area contributed by atoms with Crippen LogP contribution in [0.15, 0.2) is 48.0 Å². The van der Waals surface area contributed by atoms with E-state index in [2.05, 4.69) is 47.7 Å². The molecule has 1 aromatic carbocycles. The zero-order valence-electron chi connectivity index (χ0n) is 16.9. The van der Waals surface area contributed by atoms with Gasteiger partial charge in [0.15, 0.2) is 0 Å². The average Bonchev–Trinajstić information content (AvgIpc) is 3.43. The van der Waals surface area contributed by atoms with Crippen molar-refractivity contribution in [3.63, 3.8) is 0 Å². The molecule has 2 aromatic heterocycles. The number of aromatic amines is 1. The number of hydrogen-bond donors (Lipinski definition) is 2. The van der Waals surface area contributed by atoms with Crippen LogP contribution in [0.1, 0.15) is 36.6 Å². The van der Waals surface area contributed by atoms with Gasteiger partial charge in [-0.15, -0.1) is 11.3 Å². The van der Waals surface area contributed by atoms with Crippen molar-refractivity contribution in [3.05, 3.63) is 58.4 Å². The van der Waals surface area contributed by atoms with E-state index in [-0.39, 0.29) is 23.7 Å². The van der Waals surface area contributed by atoms with Crippen LogP contribution in [0.3, 0.4) is 0 Å². The van der Waals surface area contributed by atoms with E-state index >= 15 is 0 Å². The minimum atomic E-state index is -0.256. The highest BCUT2D eigenvalue weighted by atomic mass is 32.1. The third-order valence-electron chi connectivity index (χ3n) is 5.53. The summed E-state index contributed by atoms with van der Waals surface area (Å²) in [6, 6.07) is 12.4. The molecule has 3 aromatic rings. The van der Waals surface area contributed by atoms with E-state index in [1.54, 1.807) is 11.3 Å². The molecule has 1 aliphatic heterocycles. The van der Waals surface area contributed by atoms with Gasteiger partial charge in [-0.25, -0.2) is 0 Å². The maximum absolute atomic E-state index is 12.8. The molecule has 1 saturated heterocycles. The van der Waals surface area contributed by atoms with E-state index in [0.29, 0.717) is 25.4 Å². The molecule has 1 aliphatic rings. The number of para-hydroxylation sites is 1. The molecule has 0 aliphatic carbocycles. The van der Waals surface area contributed by atoms with E-state index in [1.165, 1.54) is 15.8 Å². The van der Waals surface area contributed by atoms with E-state index in [0.717, 1.165) is 12.1 Å². The lowest BCUT2D eigenvalue weighted by atomic mass is 9.96. The Hall–Kier alpha value is -2.60. The molecule has 2 atom stereocenters. The Morgan fingerprint density at radius 3 is 2.86 bits per heavy atom. The zero-order chi connectivity index (χ0) is 20.4. The lowest BCUT2D eigenvalue weighted by Gasteiger charge is -2.20. The predicted octanol–water partition coefficient (Wildman–Crippen LogP) is 3.98. The number of rotatable bonds is 7. The summed E-state index contributed by atoms with van der Waals surface area (Å²) in [4.78, 5) is 31.5. The molecule has 29 heavy (non-hydrogen) atoms. The van der Waals surface area contributed by atoms with Gasteiger partial charge in [0.25, 0.3) is 0 Å². The summed E-state index contributed by atoms with van der Waals surface area (Å²) in [5, 5.41) is 6.38. The largest absolute Gasteiger partial charge is 0.361 e. The van der Waals surface area contributed by atoms with Crippen LogP contribution < -0.4 is 5.32 Å². The van der Waals surface area contributed by atoms with Gasteiger partial charge in [0.1, 0.15) is 0 Å². The van der Waals surface area contributed by atoms with E-state index in [9.17, 15) is 9.59 Å². The maximum atomic E-state index is 12.8. The van der Waals surface area contributed by atoms with Crippen molar-refractivity contribution < 1.29 is 9.59 Å². The average molecular weight is 410 g/mol. The number of nitrogens with zero attached hydrogens (tertiary/aromatic N) is 1. The molecular formula is C23H27N3O2S. The second-order valence-corrected chi connectivity index (χ2v) is 9.18. The van der Waals surface area contributed by atoms with Crippen molar-refractivity contribution in [2.75, 3.05) is 19.6 Å². The first kappa shape index (κ1) is 19.7. The minimum absolute atomic E-state index is 0.0222. The van der Waals surface area contributed by atoms with Crippen molar-refractivity contribution in [1.29, 1.82) is 0 Å². The number of thiophene rings is 1. The minimum Gasteiger partial charge on any atom is -0.361 e. The molecule has 0 bridgehead atoms. The number of benzene rings is 1. The molecule has 152 valence electrons. The second-order valence-electron chi connectivity index (χ2n) is 8.20. The number of aromatic nitrogens is 1. The Labute approximate surface area is 175 Å². The van der Waals surface area contributed by atoms with Crippen molar-refractivity contribution in [1.82, 2.24) is 15.2 Å². The molecule has 0 radical (unpaired) electrons. The van der Waals surface area contributed by atoms with Gasteiger partial charge in [-0.2, -0.15) is 0 Å². The number of hydrogen-bond acceptors (Lipinski definition) is 3. The molecule has 1 fully saturated rings. The normalized spacial score (nSPS) is 18.0. The third kappa shape index (κ3) is 4.22. The first-order valence-electron chi connectivity index (χ1n) is 10.2. The Bertz CT molecular complexity index is 993. The van der Waals surface area contributed by atoms with E-state index in [4.69, 9.17) is 0 Å². The first-order chi connectivity index (χ1) is 14.0. The molecule has 0 saturated carbocycles. The molecule has 5 nitrogen and oxygen atoms in total. The molecule has 6 heteroatoms. The van der Waals surface area contributed by atoms with Crippen LogP contribution in [-0.4, -0.2) is 41.3 Å². The summed E-state index contributed by atoms with van der Waals surface area (Å²) in [5.41, 5.74) is 2.29.